The number of rotatable bonds is 24. The van der Waals surface area contributed by atoms with Gasteiger partial charge >= 0.3 is 0 Å². The van der Waals surface area contributed by atoms with Gasteiger partial charge in [0.25, 0.3) is 0 Å². The van der Waals surface area contributed by atoms with E-state index in [1.807, 2.05) is 0 Å². The second kappa shape index (κ2) is 34.2. The third-order valence-corrected chi connectivity index (χ3v) is 33.2. The normalized spacial score (nSPS) is 27.8. The summed E-state index contributed by atoms with van der Waals surface area (Å²) >= 11 is 0. The molecule has 0 N–H and O–H groups in total. The van der Waals surface area contributed by atoms with Crippen molar-refractivity contribution < 1.29 is 14.2 Å². The van der Waals surface area contributed by atoms with E-state index < -0.39 is 0 Å². The molecule has 6 aliphatic carbocycles. The monoisotopic (exact) mass is 1670 g/mol. The summed E-state index contributed by atoms with van der Waals surface area (Å²) in [7, 11) is 0. The van der Waals surface area contributed by atoms with Gasteiger partial charge < -0.3 is 24.0 Å². The van der Waals surface area contributed by atoms with Gasteiger partial charge in [0, 0.05) is 34.1 Å². The van der Waals surface area contributed by atoms with Gasteiger partial charge in [-0.05, 0) is 380 Å². The molecular formula is C123H120N2O3. The molecule has 24 rings (SSSR count). The van der Waals surface area contributed by atoms with Crippen LogP contribution in [-0.2, 0) is 47.3 Å². The molecule has 0 amide bonds. The van der Waals surface area contributed by atoms with Gasteiger partial charge in [0.05, 0.1) is 35.1 Å². The number of hydrogen-bond acceptors (Lipinski definition) is 5. The van der Waals surface area contributed by atoms with E-state index in [4.69, 9.17) is 14.2 Å². The fourth-order valence-corrected chi connectivity index (χ4v) is 25.7. The molecule has 6 aliphatic heterocycles. The van der Waals surface area contributed by atoms with Crippen LogP contribution >= 0.6 is 0 Å². The summed E-state index contributed by atoms with van der Waals surface area (Å²) in [6.07, 6.45) is 63.3. The first-order chi connectivity index (χ1) is 62.9. The lowest BCUT2D eigenvalue weighted by molar-refractivity contribution is 0.00979. The quantitative estimate of drug-likeness (QED) is 0.0563. The summed E-state index contributed by atoms with van der Waals surface area (Å²) < 4.78 is 19.2. The average molecular weight is 1670 g/mol. The summed E-state index contributed by atoms with van der Waals surface area (Å²) in [5.41, 5.74) is 31.2. The van der Waals surface area contributed by atoms with Crippen LogP contribution in [0.25, 0.3) is 72.9 Å². The maximum atomic E-state index is 6.39. The first-order valence-corrected chi connectivity index (χ1v) is 48.9. The van der Waals surface area contributed by atoms with Crippen molar-refractivity contribution in [3.05, 3.63) is 391 Å². The lowest BCUT2D eigenvalue weighted by Gasteiger charge is -2.27. The summed E-state index contributed by atoms with van der Waals surface area (Å²) in [6, 6.07) is 109. The van der Waals surface area contributed by atoms with Crippen LogP contribution in [0, 0.1) is 17.8 Å². The molecule has 0 atom stereocenters. The van der Waals surface area contributed by atoms with Crippen molar-refractivity contribution in [2.24, 2.45) is 17.8 Å². The first-order valence-electron chi connectivity index (χ1n) is 48.9. The minimum absolute atomic E-state index is 0.0448. The molecule has 0 radical (unpaired) electrons. The van der Waals surface area contributed by atoms with Crippen molar-refractivity contribution in [1.29, 1.82) is 0 Å². The van der Waals surface area contributed by atoms with E-state index >= 15 is 0 Å². The van der Waals surface area contributed by atoms with Gasteiger partial charge in [-0.25, -0.2) is 0 Å². The van der Waals surface area contributed by atoms with Gasteiger partial charge in [-0.2, -0.15) is 0 Å². The number of fused-ring (bicyclic) bond motifs is 12. The van der Waals surface area contributed by atoms with Crippen molar-refractivity contribution >= 4 is 107 Å². The highest BCUT2D eigenvalue weighted by Crippen LogP contribution is 2.59. The van der Waals surface area contributed by atoms with Crippen molar-refractivity contribution in [3.8, 4) is 0 Å². The maximum Gasteiger partial charge on any atom is 0.0937 e. The minimum atomic E-state index is -0.0448. The van der Waals surface area contributed by atoms with Crippen LogP contribution in [0.15, 0.2) is 291 Å². The Hall–Kier alpha value is -11.4. The third-order valence-electron chi connectivity index (χ3n) is 33.2. The highest BCUT2D eigenvalue weighted by molar-refractivity contribution is 5.84. The first kappa shape index (κ1) is 81.1. The fraction of sp³-hybridized carbons (Fsp3) is 0.317. The minimum Gasteiger partial charge on any atom is -0.367 e. The van der Waals surface area contributed by atoms with E-state index in [2.05, 4.69) is 374 Å². The Kier molecular flexibility index (Phi) is 21.7. The van der Waals surface area contributed by atoms with Crippen LogP contribution in [0.2, 0.25) is 0 Å². The van der Waals surface area contributed by atoms with Crippen molar-refractivity contribution in [1.82, 2.24) is 0 Å². The van der Waals surface area contributed by atoms with Crippen LogP contribution in [0.4, 0.5) is 34.1 Å². The zero-order chi connectivity index (χ0) is 85.1. The summed E-state index contributed by atoms with van der Waals surface area (Å²) in [5, 5.41) is 0. The highest BCUT2D eigenvalue weighted by atomic mass is 16.5. The number of ether oxygens (including phenoxy) is 3. The molecule has 12 aromatic carbocycles. The zero-order valence-electron chi connectivity index (χ0n) is 74.3. The molecule has 6 saturated carbocycles. The molecule has 12 aliphatic rings. The standard InChI is InChI=1S/C63H63N.C60H57NO3/c1(46-7-19-55(20-8-46)61-37-31-52(43-61)32-38-61)4-49-13-25-58(26-14-49)64(59-27-15-50(16-28-59)5-2-47-9-21-56(22-10-47)62-39-33-53(44-62)34-40-62)60-29-17-51(18-30-60)6-3-48-11-23-57(24-12-48)63-41-35-54(45-63)36-42-63;1(43-7-19-49(20-8-43)58-37-31-55(62-58)32-38-58)4-46-13-25-52(26-14-46)61(53-27-15-47(16-28-53)5-2-44-9-21-50(22-10-44)59-39-33-56(63-59)34-40-59)54-29-17-48(18-30-54)6-3-45-11-23-51(24-12-45)60-41-35-57(64-60)36-42-60/h1-30,52-54H,31-45H2;1-30,55-57H,31-42H2/b2*4-1+,5-2+,6-3+. The van der Waals surface area contributed by atoms with Crippen LogP contribution < -0.4 is 9.80 Å². The van der Waals surface area contributed by atoms with Crippen molar-refractivity contribution in [2.75, 3.05) is 9.80 Å². The smallest absolute Gasteiger partial charge is 0.0937 e. The van der Waals surface area contributed by atoms with Gasteiger partial charge in [-0.15, -0.1) is 0 Å². The summed E-state index contributed by atoms with van der Waals surface area (Å²) in [5.74, 6) is 2.90. The molecule has 128 heavy (non-hydrogen) atoms. The Balaban J connectivity index is 0.000000146. The molecule has 5 heteroatoms. The molecule has 640 valence electrons. The fourth-order valence-electron chi connectivity index (χ4n) is 25.7. The molecular weight excluding hydrogens is 1550 g/mol. The number of hydrogen-bond donors (Lipinski definition) is 0. The molecule has 12 fully saturated rings. The molecule has 0 unspecified atom stereocenters. The van der Waals surface area contributed by atoms with Crippen molar-refractivity contribution in [2.45, 2.75) is 225 Å². The SMILES string of the molecule is C(=C\c1ccc(C23CCC(CC2)C3)cc1)/c1ccc(N(c2ccc(/C=C/c3ccc(C45CCC(CC4)C5)cc3)cc2)c2ccc(/C=C/c3ccc(C45CCC(CC4)C5)cc3)cc2)cc1.C(=C\c1ccc(C23CCC(CC2)O3)cc1)/c1ccc(N(c2ccc(/C=C/c3ccc(C45CCC(CC4)O5)cc3)cc2)c2ccc(/C=C/c3ccc(C45CCC(CC4)O5)cc3)cc2)cc1. The number of nitrogens with zero attached hydrogens (tertiary/aromatic N) is 2. The van der Waals surface area contributed by atoms with Gasteiger partial charge in [0.1, 0.15) is 0 Å². The Morgan fingerprint density at radius 2 is 0.320 bits per heavy atom. The molecule has 5 nitrogen and oxygen atoms in total. The van der Waals surface area contributed by atoms with Crippen LogP contribution in [0.1, 0.15) is 274 Å². The van der Waals surface area contributed by atoms with E-state index in [9.17, 15) is 0 Å². The number of benzene rings is 12. The van der Waals surface area contributed by atoms with Crippen LogP contribution in [-0.4, -0.2) is 18.3 Å². The Morgan fingerprint density at radius 3 is 0.453 bits per heavy atom. The van der Waals surface area contributed by atoms with Gasteiger partial charge in [0.2, 0.25) is 0 Å². The summed E-state index contributed by atoms with van der Waals surface area (Å²) in [4.78, 5) is 4.73. The van der Waals surface area contributed by atoms with E-state index in [0.717, 1.165) is 107 Å². The predicted molar refractivity (Wildman–Crippen MR) is 534 cm³/mol. The second-order valence-corrected chi connectivity index (χ2v) is 40.7. The molecule has 12 bridgehead atoms. The Labute approximate surface area is 759 Å². The molecule has 6 saturated heterocycles. The topological polar surface area (TPSA) is 34.2 Å². The highest BCUT2D eigenvalue weighted by Gasteiger charge is 2.51. The third kappa shape index (κ3) is 16.4. The van der Waals surface area contributed by atoms with E-state index in [1.165, 1.54) is 202 Å². The van der Waals surface area contributed by atoms with Gasteiger partial charge in [0.15, 0.2) is 0 Å². The average Bonchev–Trinajstić information content (AvgIpc) is 1.66. The molecule has 0 aromatic heterocycles. The van der Waals surface area contributed by atoms with Crippen LogP contribution in [0.5, 0.6) is 0 Å². The lowest BCUT2D eigenvalue weighted by atomic mass is 9.77. The van der Waals surface area contributed by atoms with E-state index in [1.54, 1.807) is 16.7 Å². The van der Waals surface area contributed by atoms with Crippen molar-refractivity contribution in [3.63, 3.8) is 0 Å². The molecule has 12 aromatic rings. The van der Waals surface area contributed by atoms with Crippen LogP contribution in [0.3, 0.4) is 0 Å². The molecule has 6 heterocycles. The van der Waals surface area contributed by atoms with Gasteiger partial charge in [-0.1, -0.05) is 291 Å². The predicted octanol–water partition coefficient (Wildman–Crippen LogP) is 32.3. The maximum absolute atomic E-state index is 6.39. The zero-order valence-corrected chi connectivity index (χ0v) is 74.3. The Bertz CT molecular complexity index is 5100. The number of anilines is 6. The second-order valence-electron chi connectivity index (χ2n) is 40.7. The molecule has 0 spiro atoms. The lowest BCUT2D eigenvalue weighted by Crippen LogP contribution is -2.20. The van der Waals surface area contributed by atoms with E-state index in [0.29, 0.717) is 34.6 Å². The largest absolute Gasteiger partial charge is 0.367 e. The Morgan fingerprint density at radius 1 is 0.172 bits per heavy atom. The summed E-state index contributed by atoms with van der Waals surface area (Å²) in [6.45, 7) is 0. The van der Waals surface area contributed by atoms with E-state index in [-0.39, 0.29) is 16.8 Å². The van der Waals surface area contributed by atoms with Gasteiger partial charge in [-0.3, -0.25) is 0 Å².